The molecule has 0 spiro atoms. The number of ether oxygens (including phenoxy) is 1. The second-order valence-corrected chi connectivity index (χ2v) is 5.54. The van der Waals surface area contributed by atoms with Gasteiger partial charge in [0.05, 0.1) is 12.3 Å². The fraction of sp³-hybridized carbons (Fsp3) is 0.400. The number of halogens is 2. The number of fused-ring (bicyclic) bond motifs is 1. The molecule has 0 saturated carbocycles. The number of benzene rings is 1. The molecule has 0 amide bonds. The van der Waals surface area contributed by atoms with E-state index in [1.807, 2.05) is 18.2 Å². The highest BCUT2D eigenvalue weighted by Gasteiger charge is 2.19. The summed E-state index contributed by atoms with van der Waals surface area (Å²) in [6, 6.07) is 5.85. The molecule has 4 nitrogen and oxygen atoms in total. The van der Waals surface area contributed by atoms with Gasteiger partial charge < -0.3 is 14.7 Å². The molecule has 0 atom stereocenters. The van der Waals surface area contributed by atoms with Gasteiger partial charge in [-0.25, -0.2) is 0 Å². The summed E-state index contributed by atoms with van der Waals surface area (Å²) in [4.78, 5) is 5.08. The van der Waals surface area contributed by atoms with Gasteiger partial charge in [0.2, 0.25) is 0 Å². The number of aliphatic hydroxyl groups is 1. The van der Waals surface area contributed by atoms with Gasteiger partial charge in [0.25, 0.3) is 0 Å². The lowest BCUT2D eigenvalue weighted by molar-refractivity contribution is 0.0982. The van der Waals surface area contributed by atoms with Crippen molar-refractivity contribution in [2.75, 3.05) is 19.8 Å². The van der Waals surface area contributed by atoms with Crippen LogP contribution in [0.15, 0.2) is 33.9 Å². The SMILES string of the molecule is OCCO/N=C1\CCCc2c(OCC=C(Cl)Cl)cccc21. The maximum absolute atomic E-state index is 8.74. The smallest absolute Gasteiger partial charge is 0.140 e. The van der Waals surface area contributed by atoms with E-state index >= 15 is 0 Å². The zero-order valence-corrected chi connectivity index (χ0v) is 13.0. The number of aliphatic hydroxyl groups excluding tert-OH is 1. The van der Waals surface area contributed by atoms with Crippen LogP contribution in [0.4, 0.5) is 0 Å². The largest absolute Gasteiger partial charge is 0.489 e. The van der Waals surface area contributed by atoms with E-state index in [0.717, 1.165) is 41.9 Å². The summed E-state index contributed by atoms with van der Waals surface area (Å²) in [5.74, 6) is 0.813. The van der Waals surface area contributed by atoms with Crippen molar-refractivity contribution in [3.63, 3.8) is 0 Å². The van der Waals surface area contributed by atoms with Crippen LogP contribution in [0.5, 0.6) is 5.75 Å². The van der Waals surface area contributed by atoms with Crippen molar-refractivity contribution in [2.45, 2.75) is 19.3 Å². The second kappa shape index (κ2) is 8.27. The molecule has 2 rings (SSSR count). The van der Waals surface area contributed by atoms with Crippen LogP contribution in [0.2, 0.25) is 0 Å². The van der Waals surface area contributed by atoms with E-state index < -0.39 is 0 Å². The predicted octanol–water partition coefficient (Wildman–Crippen LogP) is 3.43. The van der Waals surface area contributed by atoms with Crippen molar-refractivity contribution in [3.05, 3.63) is 39.9 Å². The molecule has 114 valence electrons. The van der Waals surface area contributed by atoms with Gasteiger partial charge in [-0.15, -0.1) is 0 Å². The Morgan fingerprint density at radius 3 is 2.95 bits per heavy atom. The minimum atomic E-state index is -0.0433. The molecule has 0 aromatic heterocycles. The zero-order chi connectivity index (χ0) is 15.1. The van der Waals surface area contributed by atoms with Crippen LogP contribution >= 0.6 is 23.2 Å². The summed E-state index contributed by atoms with van der Waals surface area (Å²) in [6.07, 6.45) is 4.38. The van der Waals surface area contributed by atoms with E-state index in [1.54, 1.807) is 6.08 Å². The van der Waals surface area contributed by atoms with Crippen LogP contribution in [-0.4, -0.2) is 30.6 Å². The first kappa shape index (κ1) is 16.1. The van der Waals surface area contributed by atoms with Gasteiger partial charge in [-0.3, -0.25) is 0 Å². The molecule has 0 heterocycles. The van der Waals surface area contributed by atoms with E-state index in [0.29, 0.717) is 6.61 Å². The van der Waals surface area contributed by atoms with Gasteiger partial charge in [-0.2, -0.15) is 0 Å². The van der Waals surface area contributed by atoms with Crippen molar-refractivity contribution in [2.24, 2.45) is 5.16 Å². The summed E-state index contributed by atoms with van der Waals surface area (Å²) in [5, 5.41) is 12.8. The number of hydrogen-bond donors (Lipinski definition) is 1. The molecule has 21 heavy (non-hydrogen) atoms. The van der Waals surface area contributed by atoms with E-state index in [9.17, 15) is 0 Å². The Kier molecular flexibility index (Phi) is 6.36. The van der Waals surface area contributed by atoms with Gasteiger partial charge in [-0.05, 0) is 31.4 Å². The number of nitrogens with zero attached hydrogens (tertiary/aromatic N) is 1. The topological polar surface area (TPSA) is 51.0 Å². The Labute approximate surface area is 133 Å². The lowest BCUT2D eigenvalue weighted by Crippen LogP contribution is -2.14. The Morgan fingerprint density at radius 2 is 2.19 bits per heavy atom. The first-order chi connectivity index (χ1) is 10.2. The highest BCUT2D eigenvalue weighted by molar-refractivity contribution is 6.55. The zero-order valence-electron chi connectivity index (χ0n) is 11.5. The van der Waals surface area contributed by atoms with Crippen molar-refractivity contribution >= 4 is 28.9 Å². The van der Waals surface area contributed by atoms with E-state index in [1.165, 1.54) is 0 Å². The molecule has 0 radical (unpaired) electrons. The molecule has 1 aliphatic rings. The van der Waals surface area contributed by atoms with Crippen molar-refractivity contribution < 1.29 is 14.7 Å². The molecular formula is C15H17Cl2NO3. The third-order valence-corrected chi connectivity index (χ3v) is 3.43. The predicted molar refractivity (Wildman–Crippen MR) is 84.2 cm³/mol. The van der Waals surface area contributed by atoms with E-state index in [-0.39, 0.29) is 17.7 Å². The second-order valence-electron chi connectivity index (χ2n) is 4.54. The van der Waals surface area contributed by atoms with Crippen LogP contribution in [0.25, 0.3) is 0 Å². The Bertz CT molecular complexity index is 540. The number of hydrogen-bond acceptors (Lipinski definition) is 4. The van der Waals surface area contributed by atoms with Crippen LogP contribution in [-0.2, 0) is 11.3 Å². The summed E-state index contributed by atoms with van der Waals surface area (Å²) in [6.45, 7) is 0.485. The van der Waals surface area contributed by atoms with Crippen molar-refractivity contribution in [1.29, 1.82) is 0 Å². The first-order valence-corrected chi connectivity index (χ1v) is 7.54. The molecule has 0 unspecified atom stereocenters. The van der Waals surface area contributed by atoms with Gasteiger partial charge in [-0.1, -0.05) is 40.5 Å². The summed E-state index contributed by atoms with van der Waals surface area (Å²) in [7, 11) is 0. The molecule has 0 aliphatic heterocycles. The summed E-state index contributed by atoms with van der Waals surface area (Å²) in [5.41, 5.74) is 3.05. The van der Waals surface area contributed by atoms with Crippen LogP contribution in [0.1, 0.15) is 24.0 Å². The lowest BCUT2D eigenvalue weighted by atomic mass is 9.89. The van der Waals surface area contributed by atoms with Crippen LogP contribution in [0, 0.1) is 0 Å². The first-order valence-electron chi connectivity index (χ1n) is 6.78. The molecule has 6 heteroatoms. The normalized spacial score (nSPS) is 15.5. The van der Waals surface area contributed by atoms with Gasteiger partial charge in [0.15, 0.2) is 0 Å². The number of oxime groups is 1. The maximum Gasteiger partial charge on any atom is 0.140 e. The molecule has 0 fully saturated rings. The third kappa shape index (κ3) is 4.63. The lowest BCUT2D eigenvalue weighted by Gasteiger charge is -2.20. The fourth-order valence-corrected chi connectivity index (χ4v) is 2.38. The van der Waals surface area contributed by atoms with Gasteiger partial charge in [0, 0.05) is 11.1 Å². The van der Waals surface area contributed by atoms with Crippen molar-refractivity contribution in [3.8, 4) is 5.75 Å². The minimum absolute atomic E-state index is 0.0433. The molecule has 0 saturated heterocycles. The molecule has 0 bridgehead atoms. The summed E-state index contributed by atoms with van der Waals surface area (Å²) >= 11 is 11.1. The molecular weight excluding hydrogens is 313 g/mol. The van der Waals surface area contributed by atoms with Crippen LogP contribution < -0.4 is 4.74 Å². The number of rotatable bonds is 6. The molecule has 1 aliphatic carbocycles. The summed E-state index contributed by atoms with van der Waals surface area (Å²) < 4.78 is 5.90. The quantitative estimate of drug-likeness (QED) is 0.642. The third-order valence-electron chi connectivity index (χ3n) is 3.12. The highest BCUT2D eigenvalue weighted by atomic mass is 35.5. The average Bonchev–Trinajstić information content (AvgIpc) is 2.48. The van der Waals surface area contributed by atoms with Gasteiger partial charge in [0.1, 0.15) is 23.5 Å². The van der Waals surface area contributed by atoms with E-state index in [4.69, 9.17) is 37.9 Å². The molecule has 1 aromatic carbocycles. The van der Waals surface area contributed by atoms with E-state index in [2.05, 4.69) is 5.16 Å². The molecule has 1 N–H and O–H groups in total. The average molecular weight is 330 g/mol. The monoisotopic (exact) mass is 329 g/mol. The Balaban J connectivity index is 2.18. The fourth-order valence-electron chi connectivity index (χ4n) is 2.25. The van der Waals surface area contributed by atoms with Crippen LogP contribution in [0.3, 0.4) is 0 Å². The molecule has 1 aromatic rings. The minimum Gasteiger partial charge on any atom is -0.489 e. The Hall–Kier alpha value is -1.23. The van der Waals surface area contributed by atoms with Gasteiger partial charge >= 0.3 is 0 Å². The highest BCUT2D eigenvalue weighted by Crippen LogP contribution is 2.30. The van der Waals surface area contributed by atoms with Crippen molar-refractivity contribution in [1.82, 2.24) is 0 Å². The Morgan fingerprint density at radius 1 is 1.33 bits per heavy atom. The maximum atomic E-state index is 8.74. The standard InChI is InChI=1S/C15H17Cl2NO3/c16-15(17)7-9-20-14-6-2-3-11-12(14)4-1-5-13(11)18-21-10-8-19/h2-3,6-7,19H,1,4-5,8-10H2/b18-13+.